The Hall–Kier alpha value is -2.60. The summed E-state index contributed by atoms with van der Waals surface area (Å²) in [5, 5.41) is 12.3. The second-order valence-electron chi connectivity index (χ2n) is 4.06. The Kier molecular flexibility index (Phi) is 3.22. The van der Waals surface area contributed by atoms with Gasteiger partial charge in [0, 0.05) is 5.39 Å². The normalized spacial score (nSPS) is 11.2. The molecule has 1 aromatic carbocycles. The third-order valence-corrected chi connectivity index (χ3v) is 3.62. The first kappa shape index (κ1) is 12.4. The van der Waals surface area contributed by atoms with Crippen LogP contribution in [-0.2, 0) is 0 Å². The Bertz CT molecular complexity index is 811. The summed E-state index contributed by atoms with van der Waals surface area (Å²) in [5.41, 5.74) is 1.71. The van der Waals surface area contributed by atoms with Gasteiger partial charge in [-0.25, -0.2) is 9.97 Å². The first-order valence-corrected chi connectivity index (χ1v) is 6.68. The number of pyridine rings is 1. The lowest BCUT2D eigenvalue weighted by Gasteiger charge is -1.97. The molecule has 0 aliphatic rings. The van der Waals surface area contributed by atoms with Crippen LogP contribution in [0.3, 0.4) is 0 Å². The van der Waals surface area contributed by atoms with Crippen molar-refractivity contribution in [1.29, 1.82) is 0 Å². The van der Waals surface area contributed by atoms with E-state index in [1.807, 2.05) is 36.4 Å². The molecule has 0 fully saturated rings. The number of benzene rings is 1. The van der Waals surface area contributed by atoms with Crippen LogP contribution < -0.4 is 0 Å². The smallest absolute Gasteiger partial charge is 0.257 e. The highest BCUT2D eigenvalue weighted by Gasteiger charge is 2.09. The minimum atomic E-state index is -0.441. The fourth-order valence-electron chi connectivity index (χ4n) is 1.77. The van der Waals surface area contributed by atoms with E-state index in [1.165, 1.54) is 6.20 Å². The molecular formula is C14H9N3O2S. The predicted octanol–water partition coefficient (Wildman–Crippen LogP) is 3.77. The van der Waals surface area contributed by atoms with Gasteiger partial charge in [0.15, 0.2) is 0 Å². The monoisotopic (exact) mass is 283 g/mol. The number of nitro groups is 1. The maximum atomic E-state index is 10.6. The second kappa shape index (κ2) is 5.18. The molecule has 3 aromatic rings. The summed E-state index contributed by atoms with van der Waals surface area (Å²) in [7, 11) is 0. The van der Waals surface area contributed by atoms with Crippen LogP contribution in [0.1, 0.15) is 10.7 Å². The van der Waals surface area contributed by atoms with E-state index < -0.39 is 4.92 Å². The number of para-hydroxylation sites is 1. The SMILES string of the molecule is O=[N+]([O-])c1cnc(/C=C/c2ccc3ccccc3n2)s1. The third-order valence-electron chi connectivity index (χ3n) is 2.71. The Balaban J connectivity index is 1.87. The van der Waals surface area contributed by atoms with Gasteiger partial charge in [0.25, 0.3) is 0 Å². The first-order valence-electron chi connectivity index (χ1n) is 5.86. The highest BCUT2D eigenvalue weighted by Crippen LogP contribution is 2.22. The number of nitrogens with zero attached hydrogens (tertiary/aromatic N) is 3. The minimum Gasteiger partial charge on any atom is -0.257 e. The van der Waals surface area contributed by atoms with Crippen molar-refractivity contribution < 1.29 is 4.92 Å². The van der Waals surface area contributed by atoms with Gasteiger partial charge in [-0.05, 0) is 35.6 Å². The lowest BCUT2D eigenvalue weighted by Crippen LogP contribution is -1.82. The van der Waals surface area contributed by atoms with Crippen LogP contribution >= 0.6 is 11.3 Å². The molecule has 0 atom stereocenters. The lowest BCUT2D eigenvalue weighted by atomic mass is 10.2. The summed E-state index contributed by atoms with van der Waals surface area (Å²) in [5.74, 6) is 0. The molecule has 20 heavy (non-hydrogen) atoms. The number of aromatic nitrogens is 2. The zero-order valence-corrected chi connectivity index (χ0v) is 11.1. The Morgan fingerprint density at radius 2 is 2.00 bits per heavy atom. The summed E-state index contributed by atoms with van der Waals surface area (Å²) in [6, 6.07) is 11.7. The molecule has 0 radical (unpaired) electrons. The van der Waals surface area contributed by atoms with E-state index in [0.29, 0.717) is 5.01 Å². The van der Waals surface area contributed by atoms with Crippen molar-refractivity contribution in [3.8, 4) is 0 Å². The molecule has 0 bridgehead atoms. The van der Waals surface area contributed by atoms with E-state index in [4.69, 9.17) is 0 Å². The van der Waals surface area contributed by atoms with Gasteiger partial charge in [0.05, 0.1) is 16.1 Å². The molecule has 0 amide bonds. The fraction of sp³-hybridized carbons (Fsp3) is 0. The van der Waals surface area contributed by atoms with E-state index in [-0.39, 0.29) is 5.00 Å². The predicted molar refractivity (Wildman–Crippen MR) is 79.4 cm³/mol. The van der Waals surface area contributed by atoms with Crippen LogP contribution in [0.5, 0.6) is 0 Å². The molecule has 0 aliphatic carbocycles. The van der Waals surface area contributed by atoms with Crippen molar-refractivity contribution >= 4 is 39.4 Å². The summed E-state index contributed by atoms with van der Waals surface area (Å²) in [6.45, 7) is 0. The zero-order chi connectivity index (χ0) is 13.9. The lowest BCUT2D eigenvalue weighted by molar-refractivity contribution is -0.380. The van der Waals surface area contributed by atoms with E-state index in [0.717, 1.165) is 27.9 Å². The van der Waals surface area contributed by atoms with E-state index in [1.54, 1.807) is 12.2 Å². The van der Waals surface area contributed by atoms with Gasteiger partial charge in [0.1, 0.15) is 11.2 Å². The molecule has 6 heteroatoms. The van der Waals surface area contributed by atoms with Gasteiger partial charge in [-0.15, -0.1) is 0 Å². The van der Waals surface area contributed by atoms with Crippen molar-refractivity contribution in [2.45, 2.75) is 0 Å². The first-order chi connectivity index (χ1) is 9.72. The largest absolute Gasteiger partial charge is 0.344 e. The van der Waals surface area contributed by atoms with E-state index in [9.17, 15) is 10.1 Å². The maximum Gasteiger partial charge on any atom is 0.344 e. The van der Waals surface area contributed by atoms with Crippen molar-refractivity contribution in [3.63, 3.8) is 0 Å². The standard InChI is InChI=1S/C14H9N3O2S/c18-17(19)14-9-15-13(20-14)8-7-11-6-5-10-3-1-2-4-12(10)16-11/h1-9H/b8-7+. The molecule has 0 saturated carbocycles. The highest BCUT2D eigenvalue weighted by molar-refractivity contribution is 7.15. The van der Waals surface area contributed by atoms with Crippen LogP contribution in [0, 0.1) is 10.1 Å². The van der Waals surface area contributed by atoms with Gasteiger partial charge in [-0.2, -0.15) is 0 Å². The molecule has 5 nitrogen and oxygen atoms in total. The van der Waals surface area contributed by atoms with Crippen molar-refractivity contribution in [1.82, 2.24) is 9.97 Å². The van der Waals surface area contributed by atoms with E-state index in [2.05, 4.69) is 9.97 Å². The molecule has 3 rings (SSSR count). The summed E-state index contributed by atoms with van der Waals surface area (Å²) in [4.78, 5) is 18.6. The second-order valence-corrected chi connectivity index (χ2v) is 5.10. The number of fused-ring (bicyclic) bond motifs is 1. The molecule has 2 heterocycles. The number of rotatable bonds is 3. The molecule has 0 N–H and O–H groups in total. The van der Waals surface area contributed by atoms with Gasteiger partial charge < -0.3 is 0 Å². The topological polar surface area (TPSA) is 68.9 Å². The highest BCUT2D eigenvalue weighted by atomic mass is 32.1. The molecule has 2 aromatic heterocycles. The molecule has 0 unspecified atom stereocenters. The average molecular weight is 283 g/mol. The third kappa shape index (κ3) is 2.55. The van der Waals surface area contributed by atoms with Gasteiger partial charge in [-0.3, -0.25) is 10.1 Å². The zero-order valence-electron chi connectivity index (χ0n) is 10.3. The van der Waals surface area contributed by atoms with Crippen LogP contribution in [0.25, 0.3) is 23.1 Å². The fourth-order valence-corrected chi connectivity index (χ4v) is 2.41. The van der Waals surface area contributed by atoms with Crippen LogP contribution in [0.4, 0.5) is 5.00 Å². The van der Waals surface area contributed by atoms with Gasteiger partial charge in [-0.1, -0.05) is 24.3 Å². The minimum absolute atomic E-state index is 0.0381. The van der Waals surface area contributed by atoms with Crippen molar-refractivity contribution in [2.24, 2.45) is 0 Å². The quantitative estimate of drug-likeness (QED) is 0.542. The number of hydrogen-bond acceptors (Lipinski definition) is 5. The van der Waals surface area contributed by atoms with Crippen LogP contribution in [0.2, 0.25) is 0 Å². The van der Waals surface area contributed by atoms with Crippen molar-refractivity contribution in [2.75, 3.05) is 0 Å². The Morgan fingerprint density at radius 1 is 1.15 bits per heavy atom. The Morgan fingerprint density at radius 3 is 2.80 bits per heavy atom. The molecular weight excluding hydrogens is 274 g/mol. The molecule has 98 valence electrons. The average Bonchev–Trinajstić information content (AvgIpc) is 2.94. The Labute approximate surface area is 118 Å². The van der Waals surface area contributed by atoms with Crippen molar-refractivity contribution in [3.05, 3.63) is 63.4 Å². The summed E-state index contributed by atoms with van der Waals surface area (Å²) >= 11 is 1.04. The van der Waals surface area contributed by atoms with E-state index >= 15 is 0 Å². The van der Waals surface area contributed by atoms with Gasteiger partial charge >= 0.3 is 5.00 Å². The number of thiazole rings is 1. The summed E-state index contributed by atoms with van der Waals surface area (Å²) in [6.07, 6.45) is 4.79. The maximum absolute atomic E-state index is 10.6. The molecule has 0 saturated heterocycles. The van der Waals surface area contributed by atoms with Crippen LogP contribution in [-0.4, -0.2) is 14.9 Å². The summed E-state index contributed by atoms with van der Waals surface area (Å²) < 4.78 is 0. The van der Waals surface area contributed by atoms with Gasteiger partial charge in [0.2, 0.25) is 0 Å². The van der Waals surface area contributed by atoms with Crippen LogP contribution in [0.15, 0.2) is 42.6 Å². The number of hydrogen-bond donors (Lipinski definition) is 0. The molecule has 0 spiro atoms. The molecule has 0 aliphatic heterocycles.